The van der Waals surface area contributed by atoms with Gasteiger partial charge >= 0.3 is 6.03 Å². The fourth-order valence-electron chi connectivity index (χ4n) is 1.49. The van der Waals surface area contributed by atoms with Gasteiger partial charge in [0.15, 0.2) is 0 Å². The molecule has 1 rings (SSSR count). The Morgan fingerprint density at radius 1 is 1.43 bits per heavy atom. The van der Waals surface area contributed by atoms with Gasteiger partial charge < -0.3 is 16.2 Å². The van der Waals surface area contributed by atoms with Gasteiger partial charge in [0, 0.05) is 6.04 Å². The van der Waals surface area contributed by atoms with E-state index in [9.17, 15) is 9.59 Å². The topological polar surface area (TPSA) is 107 Å². The third-order valence-corrected chi connectivity index (χ3v) is 2.14. The summed E-state index contributed by atoms with van der Waals surface area (Å²) in [6.07, 6.45) is 2.58. The number of urea groups is 1. The SMILES string of the molecule is NC(=O)NC(=O)COC1CCC(N)C1. The largest absolute Gasteiger partial charge is 0.368 e. The van der Waals surface area contributed by atoms with Crippen molar-refractivity contribution in [3.8, 4) is 0 Å². The average Bonchev–Trinajstić information content (AvgIpc) is 2.47. The number of imide groups is 1. The fourth-order valence-corrected chi connectivity index (χ4v) is 1.49. The molecule has 6 nitrogen and oxygen atoms in total. The van der Waals surface area contributed by atoms with E-state index in [0.29, 0.717) is 0 Å². The molecule has 0 aromatic carbocycles. The summed E-state index contributed by atoms with van der Waals surface area (Å²) < 4.78 is 5.24. The van der Waals surface area contributed by atoms with E-state index in [2.05, 4.69) is 0 Å². The van der Waals surface area contributed by atoms with Crippen molar-refractivity contribution in [3.63, 3.8) is 0 Å². The maximum absolute atomic E-state index is 10.9. The van der Waals surface area contributed by atoms with Crippen molar-refractivity contribution in [3.05, 3.63) is 0 Å². The van der Waals surface area contributed by atoms with Crippen LogP contribution < -0.4 is 16.8 Å². The number of nitrogens with one attached hydrogen (secondary N) is 1. The molecule has 1 saturated carbocycles. The first-order valence-corrected chi connectivity index (χ1v) is 4.54. The molecule has 0 saturated heterocycles. The molecule has 80 valence electrons. The van der Waals surface area contributed by atoms with Crippen LogP contribution in [0, 0.1) is 0 Å². The van der Waals surface area contributed by atoms with Gasteiger partial charge in [0.1, 0.15) is 6.61 Å². The summed E-state index contributed by atoms with van der Waals surface area (Å²) in [5.41, 5.74) is 10.4. The van der Waals surface area contributed by atoms with E-state index in [0.717, 1.165) is 19.3 Å². The van der Waals surface area contributed by atoms with E-state index in [4.69, 9.17) is 16.2 Å². The van der Waals surface area contributed by atoms with Crippen molar-refractivity contribution in [2.75, 3.05) is 6.61 Å². The van der Waals surface area contributed by atoms with E-state index in [-0.39, 0.29) is 18.8 Å². The summed E-state index contributed by atoms with van der Waals surface area (Å²) in [6.45, 7) is -0.139. The van der Waals surface area contributed by atoms with Crippen molar-refractivity contribution in [1.82, 2.24) is 5.32 Å². The maximum Gasteiger partial charge on any atom is 0.318 e. The van der Waals surface area contributed by atoms with Crippen molar-refractivity contribution < 1.29 is 14.3 Å². The predicted octanol–water partition coefficient (Wildman–Crippen LogP) is -0.922. The van der Waals surface area contributed by atoms with Gasteiger partial charge in [0.05, 0.1) is 6.10 Å². The second-order valence-corrected chi connectivity index (χ2v) is 3.42. The lowest BCUT2D eigenvalue weighted by Crippen LogP contribution is -2.38. The Hall–Kier alpha value is -1.14. The van der Waals surface area contributed by atoms with Gasteiger partial charge in [0.25, 0.3) is 5.91 Å². The smallest absolute Gasteiger partial charge is 0.318 e. The molecule has 2 atom stereocenters. The molecule has 0 heterocycles. The van der Waals surface area contributed by atoms with E-state index in [1.807, 2.05) is 5.32 Å². The van der Waals surface area contributed by atoms with Crippen LogP contribution in [0.4, 0.5) is 4.79 Å². The van der Waals surface area contributed by atoms with E-state index in [1.54, 1.807) is 0 Å². The molecule has 6 heteroatoms. The number of nitrogens with two attached hydrogens (primary N) is 2. The highest BCUT2D eigenvalue weighted by atomic mass is 16.5. The first-order chi connectivity index (χ1) is 6.58. The van der Waals surface area contributed by atoms with Crippen LogP contribution in [0.5, 0.6) is 0 Å². The fraction of sp³-hybridized carbons (Fsp3) is 0.750. The maximum atomic E-state index is 10.9. The van der Waals surface area contributed by atoms with Gasteiger partial charge in [-0.25, -0.2) is 4.79 Å². The van der Waals surface area contributed by atoms with Crippen LogP contribution in [0.2, 0.25) is 0 Å². The molecule has 0 aliphatic heterocycles. The number of ether oxygens (including phenoxy) is 1. The zero-order chi connectivity index (χ0) is 10.6. The molecule has 5 N–H and O–H groups in total. The van der Waals surface area contributed by atoms with Crippen molar-refractivity contribution in [2.45, 2.75) is 31.4 Å². The average molecular weight is 201 g/mol. The van der Waals surface area contributed by atoms with Crippen LogP contribution in [-0.2, 0) is 9.53 Å². The third kappa shape index (κ3) is 3.71. The summed E-state index contributed by atoms with van der Waals surface area (Å²) in [4.78, 5) is 21.2. The van der Waals surface area contributed by atoms with Crippen molar-refractivity contribution in [2.24, 2.45) is 11.5 Å². The summed E-state index contributed by atoms with van der Waals surface area (Å²) in [6, 6.07) is -0.694. The standard InChI is InChI=1S/C8H15N3O3/c9-5-1-2-6(3-5)14-4-7(12)11-8(10)13/h5-6H,1-4,9H2,(H3,10,11,12,13). The molecule has 1 aliphatic carbocycles. The number of amides is 3. The molecular weight excluding hydrogens is 186 g/mol. The van der Waals surface area contributed by atoms with Crippen LogP contribution >= 0.6 is 0 Å². The Kier molecular flexibility index (Phi) is 3.84. The van der Waals surface area contributed by atoms with E-state index < -0.39 is 11.9 Å². The monoisotopic (exact) mass is 201 g/mol. The van der Waals surface area contributed by atoms with Gasteiger partial charge in [-0.2, -0.15) is 0 Å². The normalized spacial score (nSPS) is 26.1. The minimum atomic E-state index is -0.860. The van der Waals surface area contributed by atoms with Gasteiger partial charge in [-0.1, -0.05) is 0 Å². The van der Waals surface area contributed by atoms with Gasteiger partial charge in [-0.15, -0.1) is 0 Å². The summed E-state index contributed by atoms with van der Waals surface area (Å²) in [5, 5.41) is 1.92. The van der Waals surface area contributed by atoms with Crippen molar-refractivity contribution in [1.29, 1.82) is 0 Å². The Balaban J connectivity index is 2.14. The molecule has 14 heavy (non-hydrogen) atoms. The first kappa shape index (κ1) is 10.9. The predicted molar refractivity (Wildman–Crippen MR) is 49.3 cm³/mol. The number of hydrogen-bond acceptors (Lipinski definition) is 4. The van der Waals surface area contributed by atoms with Crippen molar-refractivity contribution >= 4 is 11.9 Å². The number of carbonyl (C=O) groups excluding carboxylic acids is 2. The third-order valence-electron chi connectivity index (χ3n) is 2.14. The minimum absolute atomic E-state index is 0.0311. The van der Waals surface area contributed by atoms with Crippen LogP contribution in [0.3, 0.4) is 0 Å². The van der Waals surface area contributed by atoms with Gasteiger partial charge in [-0.05, 0) is 19.3 Å². The summed E-state index contributed by atoms with van der Waals surface area (Å²) >= 11 is 0. The molecule has 3 amide bonds. The highest BCUT2D eigenvalue weighted by Gasteiger charge is 2.22. The lowest BCUT2D eigenvalue weighted by Gasteiger charge is -2.10. The Bertz CT molecular complexity index is 232. The second-order valence-electron chi connectivity index (χ2n) is 3.42. The quantitative estimate of drug-likeness (QED) is 0.548. The number of rotatable bonds is 3. The van der Waals surface area contributed by atoms with Crippen LogP contribution in [0.1, 0.15) is 19.3 Å². The Labute approximate surface area is 82.0 Å². The first-order valence-electron chi connectivity index (χ1n) is 4.54. The Morgan fingerprint density at radius 3 is 2.64 bits per heavy atom. The lowest BCUT2D eigenvalue weighted by molar-refractivity contribution is -0.126. The second kappa shape index (κ2) is 4.92. The molecule has 1 aliphatic rings. The summed E-state index contributed by atoms with van der Waals surface area (Å²) in [5.74, 6) is -0.516. The molecule has 0 radical (unpaired) electrons. The molecule has 0 aromatic heterocycles. The molecule has 0 bridgehead atoms. The molecule has 0 aromatic rings. The number of hydrogen-bond donors (Lipinski definition) is 3. The zero-order valence-corrected chi connectivity index (χ0v) is 7.86. The zero-order valence-electron chi connectivity index (χ0n) is 7.86. The van der Waals surface area contributed by atoms with Crippen LogP contribution in [0.15, 0.2) is 0 Å². The van der Waals surface area contributed by atoms with Gasteiger partial charge in [-0.3, -0.25) is 10.1 Å². The van der Waals surface area contributed by atoms with E-state index >= 15 is 0 Å². The summed E-state index contributed by atoms with van der Waals surface area (Å²) in [7, 11) is 0. The Morgan fingerprint density at radius 2 is 2.14 bits per heavy atom. The minimum Gasteiger partial charge on any atom is -0.368 e. The highest BCUT2D eigenvalue weighted by molar-refractivity contribution is 5.94. The highest BCUT2D eigenvalue weighted by Crippen LogP contribution is 2.19. The van der Waals surface area contributed by atoms with Gasteiger partial charge in [0.2, 0.25) is 0 Å². The van der Waals surface area contributed by atoms with Crippen LogP contribution in [0.25, 0.3) is 0 Å². The molecule has 0 spiro atoms. The molecule has 1 fully saturated rings. The van der Waals surface area contributed by atoms with E-state index in [1.165, 1.54) is 0 Å². The number of carbonyl (C=O) groups is 2. The van der Waals surface area contributed by atoms with Crippen LogP contribution in [-0.4, -0.2) is 30.7 Å². The number of primary amides is 1. The molecular formula is C8H15N3O3. The lowest BCUT2D eigenvalue weighted by atomic mass is 10.3. The molecule has 2 unspecified atom stereocenters.